The van der Waals surface area contributed by atoms with E-state index in [0.29, 0.717) is 30.3 Å². The number of ether oxygens (including phenoxy) is 2. The van der Waals surface area contributed by atoms with E-state index in [2.05, 4.69) is 21.2 Å². The molecule has 0 bridgehead atoms. The van der Waals surface area contributed by atoms with Gasteiger partial charge < -0.3 is 19.9 Å². The van der Waals surface area contributed by atoms with Gasteiger partial charge in [0.05, 0.1) is 17.2 Å². The van der Waals surface area contributed by atoms with Gasteiger partial charge in [-0.3, -0.25) is 0 Å². The molecule has 7 heteroatoms. The van der Waals surface area contributed by atoms with Gasteiger partial charge in [0.1, 0.15) is 6.61 Å². The third kappa shape index (κ3) is 4.85. The van der Waals surface area contributed by atoms with Gasteiger partial charge in [0.2, 0.25) is 0 Å². The van der Waals surface area contributed by atoms with Crippen LogP contribution < -0.4 is 14.8 Å². The first-order chi connectivity index (χ1) is 13.5. The Bertz CT molecular complexity index is 944. The fourth-order valence-corrected chi connectivity index (χ4v) is 3.59. The molecule has 0 unspecified atom stereocenters. The second kappa shape index (κ2) is 9.41. The highest BCUT2D eigenvalue weighted by Crippen LogP contribution is 2.38. The number of halogens is 3. The lowest BCUT2D eigenvalue weighted by molar-refractivity contribution is 0.281. The summed E-state index contributed by atoms with van der Waals surface area (Å²) in [6.45, 7) is 0.844. The lowest BCUT2D eigenvalue weighted by Crippen LogP contribution is -2.06. The van der Waals surface area contributed by atoms with Crippen LogP contribution in [-0.4, -0.2) is 12.2 Å². The molecule has 4 nitrogen and oxygen atoms in total. The minimum Gasteiger partial charge on any atom is -0.505 e. The monoisotopic (exact) mass is 481 g/mol. The maximum Gasteiger partial charge on any atom is 0.167 e. The summed E-state index contributed by atoms with van der Waals surface area (Å²) in [5.41, 5.74) is 2.62. The largest absolute Gasteiger partial charge is 0.505 e. The number of benzene rings is 3. The Hall–Kier alpha value is -2.08. The molecule has 0 aliphatic rings. The van der Waals surface area contributed by atoms with E-state index in [9.17, 15) is 5.11 Å². The molecule has 0 atom stereocenters. The first-order valence-electron chi connectivity index (χ1n) is 8.43. The Morgan fingerprint density at radius 2 is 1.71 bits per heavy atom. The number of methoxy groups -OCH3 is 1. The summed E-state index contributed by atoms with van der Waals surface area (Å²) in [6, 6.07) is 16.9. The van der Waals surface area contributed by atoms with Crippen molar-refractivity contribution in [3.63, 3.8) is 0 Å². The fourth-order valence-electron chi connectivity index (χ4n) is 2.65. The minimum absolute atomic E-state index is 0.136. The lowest BCUT2D eigenvalue weighted by atomic mass is 10.1. The van der Waals surface area contributed by atoms with Crippen LogP contribution in [0.25, 0.3) is 0 Å². The van der Waals surface area contributed by atoms with Gasteiger partial charge in [-0.15, -0.1) is 0 Å². The van der Waals surface area contributed by atoms with Gasteiger partial charge in [0, 0.05) is 22.3 Å². The number of aromatic hydroxyl groups is 1. The molecule has 0 radical (unpaired) electrons. The van der Waals surface area contributed by atoms with Gasteiger partial charge in [0.25, 0.3) is 0 Å². The molecule has 0 aliphatic heterocycles. The number of anilines is 1. The van der Waals surface area contributed by atoms with Gasteiger partial charge in [-0.2, -0.15) is 0 Å². The summed E-state index contributed by atoms with van der Waals surface area (Å²) < 4.78 is 12.5. The molecule has 0 heterocycles. The Labute approximate surface area is 182 Å². The molecule has 0 amide bonds. The van der Waals surface area contributed by atoms with Crippen LogP contribution in [0.5, 0.6) is 17.2 Å². The molecule has 0 saturated carbocycles. The number of phenols is 1. The summed E-state index contributed by atoms with van der Waals surface area (Å²) in [6.07, 6.45) is 0. The van der Waals surface area contributed by atoms with Crippen LogP contribution >= 0.6 is 39.1 Å². The third-order valence-corrected chi connectivity index (χ3v) is 5.42. The van der Waals surface area contributed by atoms with Crippen molar-refractivity contribution in [3.8, 4) is 17.2 Å². The van der Waals surface area contributed by atoms with E-state index in [1.807, 2.05) is 42.5 Å². The first-order valence-corrected chi connectivity index (χ1v) is 9.98. The molecule has 2 N–H and O–H groups in total. The number of phenolic OH excluding ortho intramolecular Hbond substituents is 1. The van der Waals surface area contributed by atoms with Crippen LogP contribution in [-0.2, 0) is 13.2 Å². The lowest BCUT2D eigenvalue weighted by Gasteiger charge is -2.18. The van der Waals surface area contributed by atoms with E-state index in [0.717, 1.165) is 15.6 Å². The normalized spacial score (nSPS) is 10.6. The van der Waals surface area contributed by atoms with Crippen molar-refractivity contribution in [2.75, 3.05) is 12.4 Å². The van der Waals surface area contributed by atoms with E-state index in [1.54, 1.807) is 19.2 Å². The Morgan fingerprint density at radius 1 is 1.04 bits per heavy atom. The zero-order valence-electron chi connectivity index (χ0n) is 15.0. The molecule has 146 valence electrons. The van der Waals surface area contributed by atoms with Crippen LogP contribution in [0.2, 0.25) is 10.0 Å². The van der Waals surface area contributed by atoms with E-state index in [4.69, 9.17) is 32.7 Å². The summed E-state index contributed by atoms with van der Waals surface area (Å²) in [7, 11) is 1.61. The molecule has 3 aromatic rings. The Balaban J connectivity index is 1.85. The molecule has 0 spiro atoms. The smallest absolute Gasteiger partial charge is 0.167 e. The zero-order valence-corrected chi connectivity index (χ0v) is 18.1. The number of hydrogen-bond acceptors (Lipinski definition) is 4. The van der Waals surface area contributed by atoms with Gasteiger partial charge in [-0.05, 0) is 29.8 Å². The second-order valence-electron chi connectivity index (χ2n) is 5.97. The standard InChI is InChI=1S/C21H18BrCl2NO3/c1-27-19-8-7-16(22)15(21(19)28-12-13-5-3-2-4-6-13)11-25-14-9-17(23)20(26)18(24)10-14/h2-10,25-26H,11-12H2,1H3. The SMILES string of the molecule is COc1ccc(Br)c(CNc2cc(Cl)c(O)c(Cl)c2)c1OCc1ccccc1. The van der Waals surface area contributed by atoms with Crippen molar-refractivity contribution >= 4 is 44.8 Å². The van der Waals surface area contributed by atoms with Crippen molar-refractivity contribution in [2.45, 2.75) is 13.2 Å². The van der Waals surface area contributed by atoms with Crippen LogP contribution in [0, 0.1) is 0 Å². The topological polar surface area (TPSA) is 50.7 Å². The van der Waals surface area contributed by atoms with Crippen LogP contribution in [0.15, 0.2) is 59.1 Å². The highest BCUT2D eigenvalue weighted by Gasteiger charge is 2.15. The van der Waals surface area contributed by atoms with Crippen LogP contribution in [0.4, 0.5) is 5.69 Å². The predicted molar refractivity (Wildman–Crippen MR) is 117 cm³/mol. The van der Waals surface area contributed by atoms with E-state index in [-0.39, 0.29) is 15.8 Å². The highest BCUT2D eigenvalue weighted by atomic mass is 79.9. The molecule has 0 aliphatic carbocycles. The fraction of sp³-hybridized carbons (Fsp3) is 0.143. The highest BCUT2D eigenvalue weighted by molar-refractivity contribution is 9.10. The summed E-state index contributed by atoms with van der Waals surface area (Å²) in [5, 5.41) is 13.3. The number of nitrogens with one attached hydrogen (secondary N) is 1. The molecule has 0 saturated heterocycles. The molecule has 3 aromatic carbocycles. The third-order valence-electron chi connectivity index (χ3n) is 4.10. The van der Waals surface area contributed by atoms with Crippen molar-refractivity contribution in [1.82, 2.24) is 0 Å². The van der Waals surface area contributed by atoms with E-state index >= 15 is 0 Å². The number of rotatable bonds is 7. The second-order valence-corrected chi connectivity index (χ2v) is 7.64. The van der Waals surface area contributed by atoms with Gasteiger partial charge >= 0.3 is 0 Å². The molecular weight excluding hydrogens is 465 g/mol. The minimum atomic E-state index is -0.136. The van der Waals surface area contributed by atoms with E-state index in [1.165, 1.54) is 0 Å². The average molecular weight is 483 g/mol. The Kier molecular flexibility index (Phi) is 6.94. The molecular formula is C21H18BrCl2NO3. The van der Waals surface area contributed by atoms with Gasteiger partial charge in [0.15, 0.2) is 17.2 Å². The van der Waals surface area contributed by atoms with Crippen LogP contribution in [0.3, 0.4) is 0 Å². The van der Waals surface area contributed by atoms with Gasteiger partial charge in [-0.25, -0.2) is 0 Å². The molecule has 0 fully saturated rings. The van der Waals surface area contributed by atoms with Gasteiger partial charge in [-0.1, -0.05) is 69.5 Å². The van der Waals surface area contributed by atoms with Crippen molar-refractivity contribution < 1.29 is 14.6 Å². The molecule has 3 rings (SSSR count). The average Bonchev–Trinajstić information content (AvgIpc) is 2.70. The molecule has 28 heavy (non-hydrogen) atoms. The maximum atomic E-state index is 9.72. The predicted octanol–water partition coefficient (Wildman–Crippen LogP) is 6.66. The summed E-state index contributed by atoms with van der Waals surface area (Å²) in [5.74, 6) is 1.14. The number of hydrogen-bond donors (Lipinski definition) is 2. The Morgan fingerprint density at radius 3 is 2.36 bits per heavy atom. The van der Waals surface area contributed by atoms with E-state index < -0.39 is 0 Å². The summed E-state index contributed by atoms with van der Waals surface area (Å²) in [4.78, 5) is 0. The maximum absolute atomic E-state index is 9.72. The van der Waals surface area contributed by atoms with Crippen molar-refractivity contribution in [2.24, 2.45) is 0 Å². The zero-order chi connectivity index (χ0) is 20.1. The van der Waals surface area contributed by atoms with Crippen molar-refractivity contribution in [1.29, 1.82) is 0 Å². The summed E-state index contributed by atoms with van der Waals surface area (Å²) >= 11 is 15.6. The first kappa shape index (κ1) is 20.6. The van der Waals surface area contributed by atoms with Crippen LogP contribution in [0.1, 0.15) is 11.1 Å². The van der Waals surface area contributed by atoms with Crippen molar-refractivity contribution in [3.05, 3.63) is 80.2 Å². The molecule has 0 aromatic heterocycles. The quantitative estimate of drug-likeness (QED) is 0.369.